The van der Waals surface area contributed by atoms with Crippen molar-refractivity contribution < 1.29 is 19.7 Å². The fraction of sp³-hybridized carbons (Fsp3) is 0.881. The van der Waals surface area contributed by atoms with Crippen LogP contribution in [0.5, 0.6) is 0 Å². The van der Waals surface area contributed by atoms with Gasteiger partial charge in [0.2, 0.25) is 0 Å². The first-order chi connectivity index (χ1) is 23.5. The quantitative estimate of drug-likeness (QED) is 0.0343. The highest BCUT2D eigenvalue weighted by molar-refractivity contribution is 5.69. The largest absolute Gasteiger partial charge is 0.466 e. The lowest BCUT2D eigenvalue weighted by atomic mass is 10.00. The molecular weight excluding hydrogens is 596 g/mol. The number of hydrogen-bond donors (Lipinski definition) is 3. The number of allylic oxidation sites excluding steroid dienone is 4. The Morgan fingerprint density at radius 3 is 1.75 bits per heavy atom. The number of nitrogens with one attached hydrogen (secondary N) is 1. The van der Waals surface area contributed by atoms with E-state index in [0.717, 1.165) is 51.6 Å². The van der Waals surface area contributed by atoms with Crippen LogP contribution in [0.1, 0.15) is 187 Å². The van der Waals surface area contributed by atoms with E-state index < -0.39 is 6.10 Å². The number of likely N-dealkylation sites (N-methyl/N-ethyl adjacent to an activating group) is 1. The molecular formula is C42H82N2O4. The molecule has 3 N–H and O–H groups in total. The molecule has 0 aliphatic heterocycles. The number of rotatable bonds is 38. The standard InChI is InChI=1S/C42H82N2O4/c1-4-6-8-10-12-14-16-18-19-21-23-25-27-29-31-33-42(47)48-39-34-40(43-35-36-44(3)37-38-45)41(46)32-30-28-26-24-22-20-17-15-13-11-9-7-5-2/h12,14,18-19,40-41,43,45-46H,4-11,13,15-17,20-39H2,1-3H3/b14-12-,19-18-. The van der Waals surface area contributed by atoms with Crippen LogP contribution in [0.15, 0.2) is 24.3 Å². The molecule has 0 bridgehead atoms. The molecule has 0 saturated carbocycles. The molecule has 0 fully saturated rings. The Hall–Kier alpha value is -1.21. The molecule has 0 saturated heterocycles. The Labute approximate surface area is 298 Å². The van der Waals surface area contributed by atoms with E-state index in [4.69, 9.17) is 4.74 Å². The molecule has 284 valence electrons. The predicted molar refractivity (Wildman–Crippen MR) is 208 cm³/mol. The van der Waals surface area contributed by atoms with Gasteiger partial charge in [-0.25, -0.2) is 0 Å². The van der Waals surface area contributed by atoms with Crippen molar-refractivity contribution in [2.75, 3.05) is 39.9 Å². The van der Waals surface area contributed by atoms with Gasteiger partial charge in [-0.3, -0.25) is 4.79 Å². The van der Waals surface area contributed by atoms with Crippen LogP contribution in [0.2, 0.25) is 0 Å². The number of nitrogens with zero attached hydrogens (tertiary/aromatic N) is 1. The van der Waals surface area contributed by atoms with Gasteiger partial charge in [-0.2, -0.15) is 0 Å². The van der Waals surface area contributed by atoms with Gasteiger partial charge in [-0.15, -0.1) is 0 Å². The van der Waals surface area contributed by atoms with E-state index >= 15 is 0 Å². The van der Waals surface area contributed by atoms with Gasteiger partial charge in [0.25, 0.3) is 0 Å². The summed E-state index contributed by atoms with van der Waals surface area (Å²) in [5, 5.41) is 23.7. The van der Waals surface area contributed by atoms with Gasteiger partial charge in [0.1, 0.15) is 0 Å². The van der Waals surface area contributed by atoms with Crippen molar-refractivity contribution in [2.45, 2.75) is 199 Å². The highest BCUT2D eigenvalue weighted by Crippen LogP contribution is 2.15. The molecule has 0 aromatic carbocycles. The van der Waals surface area contributed by atoms with Crippen LogP contribution < -0.4 is 5.32 Å². The molecule has 2 atom stereocenters. The Morgan fingerprint density at radius 2 is 1.17 bits per heavy atom. The number of aliphatic hydroxyl groups excluding tert-OH is 2. The molecule has 48 heavy (non-hydrogen) atoms. The van der Waals surface area contributed by atoms with Gasteiger partial charge in [0.15, 0.2) is 0 Å². The number of carbonyl (C=O) groups is 1. The minimum atomic E-state index is -0.443. The van der Waals surface area contributed by atoms with E-state index in [1.807, 2.05) is 7.05 Å². The number of unbranched alkanes of at least 4 members (excludes halogenated alkanes) is 20. The molecule has 0 amide bonds. The van der Waals surface area contributed by atoms with Crippen molar-refractivity contribution in [3.05, 3.63) is 24.3 Å². The van der Waals surface area contributed by atoms with Crippen LogP contribution in [0, 0.1) is 0 Å². The van der Waals surface area contributed by atoms with Gasteiger partial charge in [0, 0.05) is 32.1 Å². The van der Waals surface area contributed by atoms with E-state index in [2.05, 4.69) is 48.4 Å². The number of ether oxygens (including phenoxy) is 1. The van der Waals surface area contributed by atoms with Crippen LogP contribution in [0.3, 0.4) is 0 Å². The molecule has 6 nitrogen and oxygen atoms in total. The summed E-state index contributed by atoms with van der Waals surface area (Å²) < 4.78 is 5.58. The highest BCUT2D eigenvalue weighted by Gasteiger charge is 2.19. The molecule has 6 heteroatoms. The van der Waals surface area contributed by atoms with Gasteiger partial charge in [-0.1, -0.05) is 154 Å². The lowest BCUT2D eigenvalue weighted by Crippen LogP contribution is -2.44. The summed E-state index contributed by atoms with van der Waals surface area (Å²) in [5.41, 5.74) is 0. The molecule has 0 aromatic heterocycles. The van der Waals surface area contributed by atoms with Crippen LogP contribution in [0.25, 0.3) is 0 Å². The normalized spacial score (nSPS) is 13.3. The number of hydrogen-bond acceptors (Lipinski definition) is 6. The fourth-order valence-electron chi connectivity index (χ4n) is 6.18. The maximum Gasteiger partial charge on any atom is 0.305 e. The van der Waals surface area contributed by atoms with E-state index in [-0.39, 0.29) is 18.6 Å². The summed E-state index contributed by atoms with van der Waals surface area (Å²) >= 11 is 0. The van der Waals surface area contributed by atoms with Gasteiger partial charge < -0.3 is 25.2 Å². The van der Waals surface area contributed by atoms with Crippen molar-refractivity contribution in [3.63, 3.8) is 0 Å². The SMILES string of the molecule is CCCCC/C=C\C/C=C\CCCCCCCC(=O)OCCC(NCCN(C)CCO)C(O)CCCCCCCCCCCCCCC. The van der Waals surface area contributed by atoms with E-state index in [1.54, 1.807) is 0 Å². The van der Waals surface area contributed by atoms with Crippen molar-refractivity contribution in [1.82, 2.24) is 10.2 Å². The summed E-state index contributed by atoms with van der Waals surface area (Å²) in [6.45, 7) is 7.18. The van der Waals surface area contributed by atoms with Crippen LogP contribution in [-0.4, -0.2) is 73.1 Å². The first kappa shape index (κ1) is 46.8. The molecule has 0 aromatic rings. The Bertz CT molecular complexity index is 714. The summed E-state index contributed by atoms with van der Waals surface area (Å²) in [7, 11) is 1.99. The zero-order chi connectivity index (χ0) is 35.2. The number of aliphatic hydroxyl groups is 2. The van der Waals surface area contributed by atoms with Crippen molar-refractivity contribution in [2.24, 2.45) is 0 Å². The summed E-state index contributed by atoms with van der Waals surface area (Å²) in [6.07, 6.45) is 40.7. The zero-order valence-corrected chi connectivity index (χ0v) is 32.2. The maximum absolute atomic E-state index is 12.4. The van der Waals surface area contributed by atoms with Gasteiger partial charge >= 0.3 is 5.97 Å². The lowest BCUT2D eigenvalue weighted by Gasteiger charge is -2.25. The Balaban J connectivity index is 4.07. The predicted octanol–water partition coefficient (Wildman–Crippen LogP) is 10.5. The summed E-state index contributed by atoms with van der Waals surface area (Å²) in [6, 6.07) is -0.0893. The smallest absolute Gasteiger partial charge is 0.305 e. The molecule has 0 rings (SSSR count). The van der Waals surface area contributed by atoms with Gasteiger partial charge in [-0.05, 0) is 58.4 Å². The van der Waals surface area contributed by atoms with E-state index in [9.17, 15) is 15.0 Å². The average Bonchev–Trinajstić information content (AvgIpc) is 3.07. The number of carbonyl (C=O) groups excluding carboxylic acids is 1. The minimum absolute atomic E-state index is 0.0893. The Morgan fingerprint density at radius 1 is 0.667 bits per heavy atom. The molecule has 0 heterocycles. The molecule has 0 spiro atoms. The van der Waals surface area contributed by atoms with E-state index in [1.165, 1.54) is 122 Å². The third kappa shape index (κ3) is 34.6. The molecule has 0 aliphatic rings. The van der Waals surface area contributed by atoms with Crippen LogP contribution in [0.4, 0.5) is 0 Å². The third-order valence-corrected chi connectivity index (χ3v) is 9.47. The van der Waals surface area contributed by atoms with Gasteiger partial charge in [0.05, 0.1) is 19.3 Å². The zero-order valence-electron chi connectivity index (χ0n) is 32.2. The summed E-state index contributed by atoms with van der Waals surface area (Å²) in [4.78, 5) is 14.4. The second-order valence-corrected chi connectivity index (χ2v) is 14.2. The molecule has 0 radical (unpaired) electrons. The molecule has 0 aliphatic carbocycles. The molecule has 2 unspecified atom stereocenters. The highest BCUT2D eigenvalue weighted by atomic mass is 16.5. The number of esters is 1. The first-order valence-electron chi connectivity index (χ1n) is 20.7. The minimum Gasteiger partial charge on any atom is -0.466 e. The Kier molecular flexibility index (Phi) is 37.6. The van der Waals surface area contributed by atoms with Crippen LogP contribution in [-0.2, 0) is 9.53 Å². The maximum atomic E-state index is 12.4. The average molecular weight is 679 g/mol. The topological polar surface area (TPSA) is 82.0 Å². The second kappa shape index (κ2) is 38.6. The van der Waals surface area contributed by atoms with Crippen molar-refractivity contribution in [3.8, 4) is 0 Å². The lowest BCUT2D eigenvalue weighted by molar-refractivity contribution is -0.144. The monoisotopic (exact) mass is 679 g/mol. The van der Waals surface area contributed by atoms with Crippen LogP contribution >= 0.6 is 0 Å². The fourth-order valence-corrected chi connectivity index (χ4v) is 6.18. The summed E-state index contributed by atoms with van der Waals surface area (Å²) in [5.74, 6) is -0.118. The second-order valence-electron chi connectivity index (χ2n) is 14.2. The third-order valence-electron chi connectivity index (χ3n) is 9.47. The van der Waals surface area contributed by atoms with E-state index in [0.29, 0.717) is 26.0 Å². The van der Waals surface area contributed by atoms with Crippen molar-refractivity contribution >= 4 is 5.97 Å². The van der Waals surface area contributed by atoms with Crippen molar-refractivity contribution in [1.29, 1.82) is 0 Å². The first-order valence-corrected chi connectivity index (χ1v) is 20.7.